The molecule has 2 atom stereocenters. The van der Waals surface area contributed by atoms with Crippen LogP contribution in [0.15, 0.2) is 0 Å². The lowest BCUT2D eigenvalue weighted by molar-refractivity contribution is -0.849. The molecule has 2 saturated heterocycles. The summed E-state index contributed by atoms with van der Waals surface area (Å²) in [6.07, 6.45) is -1.54. The minimum Gasteiger partial charge on any atom is -0.547 e. The number of quaternary nitrogens is 2. The second-order valence-corrected chi connectivity index (χ2v) is 9.84. The van der Waals surface area contributed by atoms with Gasteiger partial charge in [0.15, 0.2) is 12.1 Å². The van der Waals surface area contributed by atoms with Gasteiger partial charge in [-0.1, -0.05) is 0 Å². The van der Waals surface area contributed by atoms with Gasteiger partial charge in [0.05, 0.1) is 68.3 Å². The first-order chi connectivity index (χ1) is 14.2. The van der Waals surface area contributed by atoms with Gasteiger partial charge < -0.3 is 28.8 Å². The fourth-order valence-electron chi connectivity index (χ4n) is 2.31. The highest BCUT2D eigenvalue weighted by molar-refractivity contribution is 6.15. The van der Waals surface area contributed by atoms with Gasteiger partial charge in [0.2, 0.25) is 0 Å². The van der Waals surface area contributed by atoms with Gasteiger partial charge in [-0.05, 0) is 6.92 Å². The second kappa shape index (κ2) is 10.4. The van der Waals surface area contributed by atoms with Gasteiger partial charge in [0.1, 0.15) is 6.17 Å². The second-order valence-electron chi connectivity index (χ2n) is 9.84. The van der Waals surface area contributed by atoms with Crippen molar-refractivity contribution in [3.8, 4) is 0 Å². The van der Waals surface area contributed by atoms with Gasteiger partial charge in [0, 0.05) is 0 Å². The molecule has 0 spiro atoms. The number of hydrogen-bond donors (Lipinski definition) is 2. The third kappa shape index (κ3) is 8.85. The third-order valence-corrected chi connectivity index (χ3v) is 3.23. The van der Waals surface area contributed by atoms with E-state index in [2.05, 4.69) is 56.4 Å². The fourth-order valence-corrected chi connectivity index (χ4v) is 2.31. The highest BCUT2D eigenvalue weighted by Gasteiger charge is 2.50. The normalized spacial score (nSPS) is 21.7. The number of nitrogens with one attached hydrogen (secondary N) is 2. The van der Waals surface area contributed by atoms with Crippen molar-refractivity contribution in [1.82, 2.24) is 20.4 Å². The Balaban J connectivity index is 0.000000805. The van der Waals surface area contributed by atoms with Crippen LogP contribution in [0.2, 0.25) is 0 Å². The maximum Gasteiger partial charge on any atom is 0.326 e. The molecule has 32 heavy (non-hydrogen) atoms. The Hall–Kier alpha value is -3.26. The zero-order valence-electron chi connectivity index (χ0n) is 19.8. The van der Waals surface area contributed by atoms with Gasteiger partial charge in [0.25, 0.3) is 11.8 Å². The number of amides is 6. The van der Waals surface area contributed by atoms with E-state index in [1.165, 1.54) is 0 Å². The van der Waals surface area contributed by atoms with Crippen molar-refractivity contribution < 1.29 is 47.9 Å². The summed E-state index contributed by atoms with van der Waals surface area (Å²) < 4.78 is 2.00. The number of carboxylic acid groups (broad SMARTS) is 2. The number of hydrogen-bond acceptors (Lipinski definition) is 8. The zero-order valence-corrected chi connectivity index (χ0v) is 19.8. The Morgan fingerprint density at radius 3 is 1.12 bits per heavy atom. The monoisotopic (exact) mass is 460 g/mol. The number of imide groups is 2. The molecule has 0 bridgehead atoms. The Bertz CT molecular complexity index is 709. The number of nitrogens with zero attached hydrogens (tertiary/aromatic N) is 4. The first-order valence-electron chi connectivity index (χ1n) is 9.42. The number of urea groups is 2. The largest absolute Gasteiger partial charge is 0.547 e. The standard InChI is InChI=1S/C10H10N4O8.2C4H12N/c1-2(13-3(7(17)18)5(15)11-9(13)21)14-4(8(19)20)6(16)12-10(14)22;2*1-5(2,3)4/h2-4H,1H3,(H,17,18)(H,19,20)(H,11,15,21)(H,12,16,22);2*1-4H3/q;2*+1/p-2. The van der Waals surface area contributed by atoms with Crippen LogP contribution >= 0.6 is 0 Å². The number of aliphatic carboxylic acids is 2. The third-order valence-electron chi connectivity index (χ3n) is 3.23. The van der Waals surface area contributed by atoms with Crippen molar-refractivity contribution >= 4 is 35.8 Å². The van der Waals surface area contributed by atoms with Crippen LogP contribution in [0, 0.1) is 0 Å². The van der Waals surface area contributed by atoms with E-state index in [1.807, 2.05) is 0 Å². The molecular formula is C18H32N6O8. The summed E-state index contributed by atoms with van der Waals surface area (Å²) in [5.41, 5.74) is 0. The lowest BCUT2D eigenvalue weighted by Gasteiger charge is -2.36. The molecule has 2 aliphatic rings. The Kier molecular flexibility index (Phi) is 9.31. The topological polar surface area (TPSA) is 179 Å². The van der Waals surface area contributed by atoms with E-state index in [0.717, 1.165) is 15.9 Å². The number of carbonyl (C=O) groups excluding carboxylic acids is 6. The molecule has 2 aliphatic heterocycles. The van der Waals surface area contributed by atoms with Crippen LogP contribution in [-0.4, -0.2) is 129 Å². The van der Waals surface area contributed by atoms with Crippen molar-refractivity contribution in [2.75, 3.05) is 56.4 Å². The lowest BCUT2D eigenvalue weighted by atomic mass is 10.2. The van der Waals surface area contributed by atoms with Gasteiger partial charge in [-0.15, -0.1) is 0 Å². The van der Waals surface area contributed by atoms with Gasteiger partial charge >= 0.3 is 12.1 Å². The SMILES string of the molecule is CC(N1C(=O)NC(=O)C1C(=O)[O-])N1C(=O)NC(=O)C1C(=O)[O-].C[N+](C)(C)C.C[N+](C)(C)C. The maximum absolute atomic E-state index is 11.7. The van der Waals surface area contributed by atoms with Gasteiger partial charge in [-0.3, -0.25) is 30.0 Å². The first-order valence-corrected chi connectivity index (χ1v) is 9.42. The molecule has 14 heteroatoms. The summed E-state index contributed by atoms with van der Waals surface area (Å²) in [6, 6.07) is -6.46. The van der Waals surface area contributed by atoms with E-state index in [1.54, 1.807) is 10.6 Å². The highest BCUT2D eigenvalue weighted by Crippen LogP contribution is 2.21. The molecule has 0 aliphatic carbocycles. The number of carbonyl (C=O) groups is 6. The lowest BCUT2D eigenvalue weighted by Crippen LogP contribution is -2.61. The van der Waals surface area contributed by atoms with Crippen LogP contribution < -0.4 is 20.8 Å². The molecule has 0 saturated carbocycles. The van der Waals surface area contributed by atoms with Crippen molar-refractivity contribution in [2.24, 2.45) is 0 Å². The van der Waals surface area contributed by atoms with E-state index in [4.69, 9.17) is 0 Å². The quantitative estimate of drug-likeness (QED) is 0.239. The Morgan fingerprint density at radius 1 is 0.719 bits per heavy atom. The summed E-state index contributed by atoms with van der Waals surface area (Å²) in [4.78, 5) is 68.9. The molecule has 0 aromatic rings. The minimum atomic E-state index is -2.06. The molecule has 6 amide bonds. The number of carboxylic acids is 2. The van der Waals surface area contributed by atoms with Crippen molar-refractivity contribution in [3.05, 3.63) is 0 Å². The predicted molar refractivity (Wildman–Crippen MR) is 106 cm³/mol. The van der Waals surface area contributed by atoms with E-state index >= 15 is 0 Å². The average Bonchev–Trinajstić information content (AvgIpc) is 2.98. The van der Waals surface area contributed by atoms with Crippen LogP contribution in [0.1, 0.15) is 6.92 Å². The Labute approximate surface area is 186 Å². The molecule has 2 fully saturated rings. The summed E-state index contributed by atoms with van der Waals surface area (Å²) in [7, 11) is 17.0. The molecule has 2 rings (SSSR count). The van der Waals surface area contributed by atoms with E-state index in [-0.39, 0.29) is 0 Å². The van der Waals surface area contributed by atoms with Crippen molar-refractivity contribution in [1.29, 1.82) is 0 Å². The molecular weight excluding hydrogens is 428 g/mol. The van der Waals surface area contributed by atoms with Crippen molar-refractivity contribution in [2.45, 2.75) is 25.2 Å². The Morgan fingerprint density at radius 2 is 0.938 bits per heavy atom. The first kappa shape index (κ1) is 28.7. The van der Waals surface area contributed by atoms with E-state index in [0.29, 0.717) is 9.80 Å². The van der Waals surface area contributed by atoms with Gasteiger partial charge in [-0.2, -0.15) is 0 Å². The van der Waals surface area contributed by atoms with E-state index in [9.17, 15) is 39.0 Å². The molecule has 182 valence electrons. The predicted octanol–water partition coefficient (Wildman–Crippen LogP) is -4.68. The highest BCUT2D eigenvalue weighted by atomic mass is 16.4. The van der Waals surface area contributed by atoms with E-state index < -0.39 is 54.1 Å². The molecule has 2 N–H and O–H groups in total. The maximum atomic E-state index is 11.7. The molecule has 2 heterocycles. The van der Waals surface area contributed by atoms with Crippen LogP contribution in [0.5, 0.6) is 0 Å². The average molecular weight is 460 g/mol. The summed E-state index contributed by atoms with van der Waals surface area (Å²) in [5.74, 6) is -6.25. The van der Waals surface area contributed by atoms with Crippen LogP contribution in [0.4, 0.5) is 9.59 Å². The molecule has 0 radical (unpaired) electrons. The van der Waals surface area contributed by atoms with Crippen LogP contribution in [-0.2, 0) is 19.2 Å². The summed E-state index contributed by atoms with van der Waals surface area (Å²) >= 11 is 0. The molecule has 14 nitrogen and oxygen atoms in total. The minimum absolute atomic E-state index is 0.395. The molecule has 2 unspecified atom stereocenters. The van der Waals surface area contributed by atoms with Gasteiger partial charge in [-0.25, -0.2) is 9.59 Å². The summed E-state index contributed by atoms with van der Waals surface area (Å²) in [6.45, 7) is 1.07. The van der Waals surface area contributed by atoms with Crippen molar-refractivity contribution in [3.63, 3.8) is 0 Å². The smallest absolute Gasteiger partial charge is 0.326 e. The van der Waals surface area contributed by atoms with Crippen LogP contribution in [0.3, 0.4) is 0 Å². The summed E-state index contributed by atoms with van der Waals surface area (Å²) in [5, 5.41) is 25.3. The zero-order chi connectivity index (χ0) is 25.8. The number of rotatable bonds is 4. The fraction of sp³-hybridized carbons (Fsp3) is 0.667. The van der Waals surface area contributed by atoms with Crippen LogP contribution in [0.25, 0.3) is 0 Å². The molecule has 0 aromatic heterocycles. The molecule has 0 aromatic carbocycles.